The zero-order chi connectivity index (χ0) is 12.7. The van der Waals surface area contributed by atoms with Gasteiger partial charge in [-0.2, -0.15) is 9.36 Å². The number of aromatic nitrogens is 2. The third kappa shape index (κ3) is 3.45. The number of esters is 1. The molecular weight excluding hydrogens is 255 g/mol. The number of nitrogens with zero attached hydrogens (tertiary/aromatic N) is 3. The largest absolute Gasteiger partial charge is 0.464 e. The van der Waals surface area contributed by atoms with Crippen molar-refractivity contribution in [3.05, 3.63) is 5.82 Å². The van der Waals surface area contributed by atoms with E-state index in [0.29, 0.717) is 6.41 Å². The number of ether oxygens (including phenoxy) is 1. The van der Waals surface area contributed by atoms with Gasteiger partial charge in [0.25, 0.3) is 6.86 Å². The van der Waals surface area contributed by atoms with Gasteiger partial charge in [0.1, 0.15) is 0 Å². The van der Waals surface area contributed by atoms with Gasteiger partial charge in [-0.1, -0.05) is 5.16 Å². The number of halogens is 1. The van der Waals surface area contributed by atoms with Crippen LogP contribution in [0.2, 0.25) is 0 Å². The number of methoxy groups -OCH3 is 1. The van der Waals surface area contributed by atoms with Crippen LogP contribution in [0.25, 0.3) is 0 Å². The lowest BCUT2D eigenvalue weighted by Gasteiger charge is -1.98. The van der Waals surface area contributed by atoms with E-state index < -0.39 is 12.8 Å². The molecule has 0 aromatic carbocycles. The van der Waals surface area contributed by atoms with Crippen molar-refractivity contribution < 1.29 is 23.6 Å². The predicted molar refractivity (Wildman–Crippen MR) is 55.2 cm³/mol. The first-order chi connectivity index (χ1) is 8.22. The van der Waals surface area contributed by atoms with Crippen molar-refractivity contribution in [1.82, 2.24) is 9.36 Å². The molecule has 1 N–H and O–H groups in total. The molecule has 1 aromatic rings. The molecule has 0 radical (unpaired) electrons. The quantitative estimate of drug-likeness (QED) is 0.333. The van der Waals surface area contributed by atoms with Gasteiger partial charge in [-0.05, 0) is 0 Å². The molecule has 0 spiro atoms. The maximum atomic E-state index is 11.8. The third-order valence-electron chi connectivity index (χ3n) is 1.40. The second-order valence-electron chi connectivity index (χ2n) is 2.36. The monoisotopic (exact) mass is 262 g/mol. The van der Waals surface area contributed by atoms with Crippen molar-refractivity contribution >= 4 is 34.8 Å². The van der Waals surface area contributed by atoms with E-state index >= 15 is 0 Å². The number of carbonyl (C=O) groups excluding carboxylic acids is 2. The van der Waals surface area contributed by atoms with Crippen molar-refractivity contribution in [2.75, 3.05) is 19.3 Å². The zero-order valence-corrected chi connectivity index (χ0v) is 9.36. The van der Waals surface area contributed by atoms with Crippen molar-refractivity contribution in [3.8, 4) is 0 Å². The van der Waals surface area contributed by atoms with Crippen molar-refractivity contribution in [2.45, 2.75) is 0 Å². The molecule has 0 fully saturated rings. The van der Waals surface area contributed by atoms with Gasteiger partial charge in [-0.15, -0.1) is 0 Å². The Morgan fingerprint density at radius 1 is 1.71 bits per heavy atom. The summed E-state index contributed by atoms with van der Waals surface area (Å²) in [6, 6.07) is 0. The molecule has 0 saturated carbocycles. The summed E-state index contributed by atoms with van der Waals surface area (Å²) in [6.07, 6.45) is 0.400. The van der Waals surface area contributed by atoms with Gasteiger partial charge in [0.2, 0.25) is 23.1 Å². The van der Waals surface area contributed by atoms with Gasteiger partial charge in [0, 0.05) is 11.5 Å². The van der Waals surface area contributed by atoms with Crippen LogP contribution in [-0.4, -0.2) is 41.4 Å². The van der Waals surface area contributed by atoms with E-state index in [0.717, 1.165) is 18.6 Å². The fourth-order valence-electron chi connectivity index (χ4n) is 0.784. The highest BCUT2D eigenvalue weighted by Crippen LogP contribution is 2.11. The summed E-state index contributed by atoms with van der Waals surface area (Å²) in [5.41, 5.74) is -0.389. The molecule has 8 nitrogen and oxygen atoms in total. The molecule has 0 aliphatic rings. The van der Waals surface area contributed by atoms with Gasteiger partial charge in [-0.25, -0.2) is 9.18 Å². The van der Waals surface area contributed by atoms with E-state index in [1.165, 1.54) is 0 Å². The molecule has 1 heterocycles. The van der Waals surface area contributed by atoms with Crippen LogP contribution in [0.5, 0.6) is 0 Å². The fourth-order valence-corrected chi connectivity index (χ4v) is 1.31. The summed E-state index contributed by atoms with van der Waals surface area (Å²) in [5.74, 6) is -1.01. The Morgan fingerprint density at radius 3 is 3.06 bits per heavy atom. The van der Waals surface area contributed by atoms with Crippen LogP contribution in [0.1, 0.15) is 5.82 Å². The lowest BCUT2D eigenvalue weighted by molar-refractivity contribution is -0.132. The summed E-state index contributed by atoms with van der Waals surface area (Å²) < 4.78 is 19.9. The molecule has 0 bridgehead atoms. The summed E-state index contributed by atoms with van der Waals surface area (Å²) in [7, 11) is 1.12. The Balaban J connectivity index is 2.95. The summed E-state index contributed by atoms with van der Waals surface area (Å²) in [6.45, 7) is -1.20. The first kappa shape index (κ1) is 13.0. The smallest absolute Gasteiger partial charge is 0.364 e. The Hall–Kier alpha value is -2.10. The van der Waals surface area contributed by atoms with Gasteiger partial charge in [0.15, 0.2) is 0 Å². The molecule has 1 amide bonds. The lowest BCUT2D eigenvalue weighted by Crippen LogP contribution is -2.19. The van der Waals surface area contributed by atoms with Gasteiger partial charge >= 0.3 is 5.97 Å². The maximum absolute atomic E-state index is 11.8. The molecule has 0 saturated heterocycles. The molecule has 1 rings (SSSR count). The van der Waals surface area contributed by atoms with E-state index in [9.17, 15) is 14.0 Å². The number of alkyl halides is 1. The van der Waals surface area contributed by atoms with Crippen LogP contribution in [0.4, 0.5) is 9.52 Å². The van der Waals surface area contributed by atoms with E-state index in [-0.39, 0.29) is 16.7 Å². The Bertz CT molecular complexity index is 435. The van der Waals surface area contributed by atoms with Crippen molar-refractivity contribution in [1.29, 1.82) is 0 Å². The minimum atomic E-state index is -1.20. The number of hydrogen-bond donors (Lipinski definition) is 1. The molecule has 17 heavy (non-hydrogen) atoms. The van der Waals surface area contributed by atoms with Crippen molar-refractivity contribution in [3.63, 3.8) is 0 Å². The molecule has 0 aliphatic carbocycles. The number of amides is 1. The van der Waals surface area contributed by atoms with Gasteiger partial charge < -0.3 is 14.9 Å². The van der Waals surface area contributed by atoms with Crippen LogP contribution in [0, 0.1) is 0 Å². The second-order valence-corrected chi connectivity index (χ2v) is 3.11. The minimum Gasteiger partial charge on any atom is -0.464 e. The average molecular weight is 262 g/mol. The molecule has 0 atom stereocenters. The Kier molecular flexibility index (Phi) is 4.94. The molecule has 1 aromatic heterocycles. The predicted octanol–water partition coefficient (Wildman–Crippen LogP) is -0.0729. The third-order valence-corrected chi connectivity index (χ3v) is 2.05. The van der Waals surface area contributed by atoms with Crippen molar-refractivity contribution in [2.24, 2.45) is 5.16 Å². The van der Waals surface area contributed by atoms with E-state index in [2.05, 4.69) is 29.4 Å². The summed E-state index contributed by atoms with van der Waals surface area (Å²) >= 11 is 0.822. The molecule has 92 valence electrons. The fraction of sp³-hybridized carbons (Fsp3) is 0.286. The number of rotatable bonds is 6. The highest BCUT2D eigenvalue weighted by molar-refractivity contribution is 7.10. The zero-order valence-electron chi connectivity index (χ0n) is 8.55. The lowest BCUT2D eigenvalue weighted by atomic mass is 10.4. The maximum Gasteiger partial charge on any atom is 0.364 e. The number of hydrogen-bond acceptors (Lipinski definition) is 8. The molecule has 0 unspecified atom stereocenters. The van der Waals surface area contributed by atoms with Crippen LogP contribution in [0.15, 0.2) is 5.16 Å². The normalized spacial score (nSPS) is 10.8. The first-order valence-corrected chi connectivity index (χ1v) is 4.88. The highest BCUT2D eigenvalue weighted by atomic mass is 32.1. The van der Waals surface area contributed by atoms with E-state index in [1.807, 2.05) is 0 Å². The molecule has 10 heteroatoms. The average Bonchev–Trinajstić information content (AvgIpc) is 2.78. The topological polar surface area (TPSA) is 103 Å². The van der Waals surface area contributed by atoms with Gasteiger partial charge in [0.05, 0.1) is 7.11 Å². The molecular formula is C7H7FN4O4S. The van der Waals surface area contributed by atoms with Crippen LogP contribution >= 0.6 is 11.5 Å². The number of oxime groups is 1. The minimum absolute atomic E-state index is 0.125. The van der Waals surface area contributed by atoms with Crippen LogP contribution in [0.3, 0.4) is 0 Å². The first-order valence-electron chi connectivity index (χ1n) is 4.11. The summed E-state index contributed by atoms with van der Waals surface area (Å²) in [5, 5.41) is 5.59. The number of carbonyl (C=O) groups is 2. The second kappa shape index (κ2) is 6.48. The SMILES string of the molecule is COC(=O)C(=NOCF)c1nsc(NC=O)n1. The summed E-state index contributed by atoms with van der Waals surface area (Å²) in [4.78, 5) is 29.3. The van der Waals surface area contributed by atoms with Crippen LogP contribution < -0.4 is 5.32 Å². The Labute approximate surface area is 98.6 Å². The highest BCUT2D eigenvalue weighted by Gasteiger charge is 2.21. The van der Waals surface area contributed by atoms with E-state index in [1.54, 1.807) is 0 Å². The number of anilines is 1. The van der Waals surface area contributed by atoms with Crippen LogP contribution in [-0.2, 0) is 19.2 Å². The van der Waals surface area contributed by atoms with E-state index in [4.69, 9.17) is 0 Å². The molecule has 0 aliphatic heterocycles. The van der Waals surface area contributed by atoms with Gasteiger partial charge in [-0.3, -0.25) is 4.79 Å². The standard InChI is InChI=1S/C7H7FN4O4S/c1-15-6(14)4(11-16-2-8)5-10-7(9-3-13)17-12-5/h3H,2H2,1H3,(H,9,10,12,13). The number of nitrogens with one attached hydrogen (secondary N) is 1. The Morgan fingerprint density at radius 2 is 2.47 bits per heavy atom.